The minimum Gasteiger partial charge on any atom is -0.342 e. The van der Waals surface area contributed by atoms with Gasteiger partial charge < -0.3 is 4.98 Å². The van der Waals surface area contributed by atoms with Crippen LogP contribution in [-0.2, 0) is 0 Å². The lowest BCUT2D eigenvalue weighted by Crippen LogP contribution is -2.19. The second-order valence-corrected chi connectivity index (χ2v) is 9.56. The first-order valence-electron chi connectivity index (χ1n) is 12.1. The van der Waals surface area contributed by atoms with Gasteiger partial charge in [0.25, 0.3) is 0 Å². The molecule has 3 aromatic heterocycles. The van der Waals surface area contributed by atoms with E-state index in [-0.39, 0.29) is 5.82 Å². The smallest absolute Gasteiger partial charge is 0.123 e. The fourth-order valence-electron chi connectivity index (χ4n) is 5.61. The summed E-state index contributed by atoms with van der Waals surface area (Å²) in [4.78, 5) is 17.2. The van der Waals surface area contributed by atoms with Crippen molar-refractivity contribution in [1.29, 1.82) is 0 Å². The zero-order valence-corrected chi connectivity index (χ0v) is 19.2. The van der Waals surface area contributed by atoms with Gasteiger partial charge in [-0.2, -0.15) is 0 Å². The largest absolute Gasteiger partial charge is 0.342 e. The van der Waals surface area contributed by atoms with Gasteiger partial charge in [-0.25, -0.2) is 9.37 Å². The van der Waals surface area contributed by atoms with E-state index < -0.39 is 0 Å². The van der Waals surface area contributed by atoms with Gasteiger partial charge in [0.05, 0.1) is 16.6 Å². The van der Waals surface area contributed by atoms with Crippen molar-refractivity contribution < 1.29 is 4.39 Å². The maximum atomic E-state index is 13.9. The molecule has 170 valence electrons. The predicted octanol–water partition coefficient (Wildman–Crippen LogP) is 7.39. The molecule has 1 atom stereocenters. The summed E-state index contributed by atoms with van der Waals surface area (Å²) in [5.41, 5.74) is 6.45. The highest BCUT2D eigenvalue weighted by Crippen LogP contribution is 2.43. The number of hydrogen-bond donors (Lipinski definition) is 1. The minimum absolute atomic E-state index is 0.194. The maximum Gasteiger partial charge on any atom is 0.123 e. The number of benzene rings is 2. The normalized spacial score (nSPS) is 19.5. The van der Waals surface area contributed by atoms with E-state index in [1.807, 2.05) is 18.5 Å². The number of aromatic nitrogens is 4. The number of aromatic amines is 1. The first-order chi connectivity index (χ1) is 16.7. The third-order valence-corrected chi connectivity index (χ3v) is 7.58. The molecule has 1 fully saturated rings. The number of nitrogens with zero attached hydrogens (tertiary/aromatic N) is 3. The number of fused-ring (bicyclic) bond motifs is 2. The van der Waals surface area contributed by atoms with E-state index in [1.54, 1.807) is 18.3 Å². The van der Waals surface area contributed by atoms with Gasteiger partial charge in [0.1, 0.15) is 11.6 Å². The SMILES string of the molecule is C[C@H](c1nc2ccc(-c3cccnc3)cc2[nH]1)C1CCC(c2ccnc3ccc(F)cc23)CC1. The highest BCUT2D eigenvalue weighted by molar-refractivity contribution is 5.83. The van der Waals surface area contributed by atoms with Gasteiger partial charge in [-0.05, 0) is 91.1 Å². The van der Waals surface area contributed by atoms with Gasteiger partial charge in [-0.15, -0.1) is 0 Å². The van der Waals surface area contributed by atoms with Crippen LogP contribution in [0.15, 0.2) is 73.2 Å². The first kappa shape index (κ1) is 21.0. The minimum atomic E-state index is -0.194. The average molecular weight is 451 g/mol. The summed E-state index contributed by atoms with van der Waals surface area (Å²) in [6.45, 7) is 2.29. The standard InChI is InChI=1S/C29H27FN4/c1-18(29-33-27-10-8-21(15-28(27)34-29)22-3-2-13-31-17-22)19-4-6-20(7-5-19)24-12-14-32-26-11-9-23(30)16-25(24)26/h2-3,8-20H,4-7H2,1H3,(H,33,34)/t18-,19?,20?/m0/s1. The van der Waals surface area contributed by atoms with E-state index in [0.717, 1.165) is 64.6 Å². The van der Waals surface area contributed by atoms with Crippen LogP contribution in [0.5, 0.6) is 0 Å². The van der Waals surface area contributed by atoms with Crippen LogP contribution in [-0.4, -0.2) is 19.9 Å². The Hall–Kier alpha value is -3.60. The molecule has 0 spiro atoms. The van der Waals surface area contributed by atoms with Crippen molar-refractivity contribution in [2.45, 2.75) is 44.4 Å². The first-order valence-corrected chi connectivity index (χ1v) is 12.1. The van der Waals surface area contributed by atoms with Gasteiger partial charge in [-0.3, -0.25) is 9.97 Å². The van der Waals surface area contributed by atoms with Crippen molar-refractivity contribution in [2.24, 2.45) is 5.92 Å². The number of H-pyrrole nitrogens is 1. The number of nitrogens with one attached hydrogen (secondary N) is 1. The Morgan fingerprint density at radius 2 is 1.76 bits per heavy atom. The molecule has 1 N–H and O–H groups in total. The Bertz CT molecular complexity index is 1450. The molecule has 4 nitrogen and oxygen atoms in total. The van der Waals surface area contributed by atoms with Crippen LogP contribution in [0.4, 0.5) is 4.39 Å². The average Bonchev–Trinajstić information content (AvgIpc) is 3.32. The van der Waals surface area contributed by atoms with Crippen LogP contribution in [0.25, 0.3) is 33.1 Å². The van der Waals surface area contributed by atoms with Crippen molar-refractivity contribution in [3.63, 3.8) is 0 Å². The van der Waals surface area contributed by atoms with E-state index >= 15 is 0 Å². The topological polar surface area (TPSA) is 54.5 Å². The lowest BCUT2D eigenvalue weighted by molar-refractivity contribution is 0.286. The Morgan fingerprint density at radius 3 is 2.59 bits per heavy atom. The molecule has 1 aliphatic carbocycles. The summed E-state index contributed by atoms with van der Waals surface area (Å²) < 4.78 is 13.9. The lowest BCUT2D eigenvalue weighted by Gasteiger charge is -2.32. The fourth-order valence-corrected chi connectivity index (χ4v) is 5.61. The summed E-state index contributed by atoms with van der Waals surface area (Å²) >= 11 is 0. The Labute approximate surface area is 198 Å². The third-order valence-electron chi connectivity index (χ3n) is 7.58. The summed E-state index contributed by atoms with van der Waals surface area (Å²) in [6.07, 6.45) is 10.0. The Morgan fingerprint density at radius 1 is 0.912 bits per heavy atom. The van der Waals surface area contributed by atoms with Crippen LogP contribution in [0, 0.1) is 11.7 Å². The molecule has 0 saturated heterocycles. The van der Waals surface area contributed by atoms with Gasteiger partial charge in [-0.1, -0.05) is 19.1 Å². The summed E-state index contributed by atoms with van der Waals surface area (Å²) in [7, 11) is 0. The summed E-state index contributed by atoms with van der Waals surface area (Å²) in [5, 5.41) is 0.959. The highest BCUT2D eigenvalue weighted by atomic mass is 19.1. The number of hydrogen-bond acceptors (Lipinski definition) is 3. The summed E-state index contributed by atoms with van der Waals surface area (Å²) in [5.74, 6) is 2.27. The van der Waals surface area contributed by atoms with Crippen molar-refractivity contribution >= 4 is 21.9 Å². The van der Waals surface area contributed by atoms with Crippen LogP contribution < -0.4 is 0 Å². The number of rotatable bonds is 4. The molecule has 0 bridgehead atoms. The van der Waals surface area contributed by atoms with Gasteiger partial charge >= 0.3 is 0 Å². The molecule has 1 aliphatic rings. The lowest BCUT2D eigenvalue weighted by atomic mass is 9.73. The number of pyridine rings is 2. The van der Waals surface area contributed by atoms with Gasteiger partial charge in [0.2, 0.25) is 0 Å². The van der Waals surface area contributed by atoms with Gasteiger partial charge in [0, 0.05) is 35.5 Å². The molecule has 2 aromatic carbocycles. The zero-order chi connectivity index (χ0) is 23.1. The van der Waals surface area contributed by atoms with E-state index in [0.29, 0.717) is 17.8 Å². The number of halogens is 1. The van der Waals surface area contributed by atoms with Crippen molar-refractivity contribution in [3.05, 3.63) is 90.4 Å². The van der Waals surface area contributed by atoms with Gasteiger partial charge in [0.15, 0.2) is 0 Å². The van der Waals surface area contributed by atoms with Crippen molar-refractivity contribution in [2.75, 3.05) is 0 Å². The molecule has 34 heavy (non-hydrogen) atoms. The Kier molecular flexibility index (Phi) is 5.33. The molecule has 1 saturated carbocycles. The van der Waals surface area contributed by atoms with Crippen molar-refractivity contribution in [3.8, 4) is 11.1 Å². The molecule has 0 amide bonds. The number of imidazole rings is 1. The monoisotopic (exact) mass is 450 g/mol. The fraction of sp³-hybridized carbons (Fsp3) is 0.276. The van der Waals surface area contributed by atoms with E-state index in [1.165, 1.54) is 11.6 Å². The quantitative estimate of drug-likeness (QED) is 0.311. The van der Waals surface area contributed by atoms with E-state index in [4.69, 9.17) is 4.98 Å². The molecule has 0 radical (unpaired) electrons. The molecular formula is C29H27FN4. The molecule has 0 unspecified atom stereocenters. The maximum absolute atomic E-state index is 13.9. The third kappa shape index (κ3) is 3.85. The van der Waals surface area contributed by atoms with E-state index in [2.05, 4.69) is 52.2 Å². The molecule has 6 rings (SSSR count). The molecular weight excluding hydrogens is 423 g/mol. The molecule has 5 heteroatoms. The van der Waals surface area contributed by atoms with Crippen molar-refractivity contribution in [1.82, 2.24) is 19.9 Å². The second-order valence-electron chi connectivity index (χ2n) is 9.56. The second kappa shape index (κ2) is 8.64. The Balaban J connectivity index is 1.19. The van der Waals surface area contributed by atoms with Crippen LogP contribution in [0.2, 0.25) is 0 Å². The predicted molar refractivity (Wildman–Crippen MR) is 134 cm³/mol. The van der Waals surface area contributed by atoms with Crippen LogP contribution in [0.3, 0.4) is 0 Å². The molecule has 0 aliphatic heterocycles. The molecule has 5 aromatic rings. The van der Waals surface area contributed by atoms with Crippen LogP contribution in [0.1, 0.15) is 55.8 Å². The molecule has 3 heterocycles. The summed E-state index contributed by atoms with van der Waals surface area (Å²) in [6, 6.07) is 17.4. The van der Waals surface area contributed by atoms with E-state index in [9.17, 15) is 4.39 Å². The van der Waals surface area contributed by atoms with Crippen LogP contribution >= 0.6 is 0 Å². The highest BCUT2D eigenvalue weighted by Gasteiger charge is 2.29. The zero-order valence-electron chi connectivity index (χ0n) is 19.2.